The molecular formula is C19H19N7O. The van der Waals surface area contributed by atoms with Crippen LogP contribution in [0.5, 0.6) is 0 Å². The number of carbonyl (C=O) groups is 1. The molecule has 0 fully saturated rings. The third-order valence-corrected chi connectivity index (χ3v) is 4.53. The molecule has 0 aliphatic carbocycles. The molecule has 1 amide bonds. The molecule has 27 heavy (non-hydrogen) atoms. The molecule has 8 heteroatoms. The van der Waals surface area contributed by atoms with E-state index < -0.39 is 0 Å². The average Bonchev–Trinajstić information content (AvgIpc) is 3.28. The number of anilines is 1. The molecule has 3 aromatic heterocycles. The van der Waals surface area contributed by atoms with Gasteiger partial charge in [-0.25, -0.2) is 9.50 Å². The van der Waals surface area contributed by atoms with E-state index in [1.54, 1.807) is 29.3 Å². The lowest BCUT2D eigenvalue weighted by atomic mass is 9.97. The van der Waals surface area contributed by atoms with Gasteiger partial charge in [0, 0.05) is 31.5 Å². The highest BCUT2D eigenvalue weighted by Gasteiger charge is 2.15. The molecule has 4 aromatic rings. The van der Waals surface area contributed by atoms with Crippen LogP contribution < -0.4 is 5.32 Å². The number of benzene rings is 1. The van der Waals surface area contributed by atoms with Gasteiger partial charge in [-0.05, 0) is 29.7 Å². The molecule has 8 nitrogen and oxygen atoms in total. The molecule has 0 saturated carbocycles. The maximum Gasteiger partial charge on any atom is 0.261 e. The number of amides is 1. The molecule has 0 aliphatic rings. The molecule has 1 N–H and O–H groups in total. The third-order valence-electron chi connectivity index (χ3n) is 4.53. The summed E-state index contributed by atoms with van der Waals surface area (Å²) < 4.78 is 3.49. The van der Waals surface area contributed by atoms with Crippen molar-refractivity contribution >= 4 is 17.2 Å². The fraction of sp³-hybridized carbons (Fsp3) is 0.211. The van der Waals surface area contributed by atoms with Crippen molar-refractivity contribution in [3.05, 3.63) is 72.2 Å². The predicted molar refractivity (Wildman–Crippen MR) is 101 cm³/mol. The number of fused-ring (bicyclic) bond motifs is 1. The number of aromatic nitrogens is 6. The van der Waals surface area contributed by atoms with Crippen molar-refractivity contribution in [2.24, 2.45) is 7.05 Å². The van der Waals surface area contributed by atoms with Gasteiger partial charge >= 0.3 is 0 Å². The number of aryl methyl sites for hydroxylation is 1. The Morgan fingerprint density at radius 2 is 2.19 bits per heavy atom. The van der Waals surface area contributed by atoms with Gasteiger partial charge in [0.25, 0.3) is 5.91 Å². The molecule has 0 spiro atoms. The van der Waals surface area contributed by atoms with E-state index in [2.05, 4.69) is 32.5 Å². The van der Waals surface area contributed by atoms with E-state index in [0.717, 1.165) is 23.5 Å². The molecule has 0 bridgehead atoms. The monoisotopic (exact) mass is 361 g/mol. The highest BCUT2D eigenvalue weighted by atomic mass is 16.1. The van der Waals surface area contributed by atoms with Crippen LogP contribution in [0.15, 0.2) is 55.2 Å². The van der Waals surface area contributed by atoms with Gasteiger partial charge in [-0.15, -0.1) is 10.2 Å². The predicted octanol–water partition coefficient (Wildman–Crippen LogP) is 2.46. The summed E-state index contributed by atoms with van der Waals surface area (Å²) in [6.45, 7) is 2.13. The second kappa shape index (κ2) is 6.99. The van der Waals surface area contributed by atoms with Crippen LogP contribution in [0, 0.1) is 0 Å². The zero-order valence-electron chi connectivity index (χ0n) is 15.1. The highest BCUT2D eigenvalue weighted by Crippen LogP contribution is 2.23. The Hall–Kier alpha value is -3.55. The summed E-state index contributed by atoms with van der Waals surface area (Å²) in [5.41, 5.74) is 2.82. The summed E-state index contributed by atoms with van der Waals surface area (Å²) in [5.74, 6) is 0.930. The lowest BCUT2D eigenvalue weighted by Crippen LogP contribution is -2.12. The van der Waals surface area contributed by atoms with Gasteiger partial charge in [0.2, 0.25) is 0 Å². The van der Waals surface area contributed by atoms with Crippen LogP contribution >= 0.6 is 0 Å². The lowest BCUT2D eigenvalue weighted by molar-refractivity contribution is 0.102. The molecule has 3 heterocycles. The average molecular weight is 361 g/mol. The topological polar surface area (TPSA) is 90.0 Å². The van der Waals surface area contributed by atoms with Crippen LogP contribution in [0.25, 0.3) is 5.65 Å². The van der Waals surface area contributed by atoms with Gasteiger partial charge in [-0.2, -0.15) is 5.10 Å². The Morgan fingerprint density at radius 1 is 1.30 bits per heavy atom. The molecule has 4 rings (SSSR count). The molecule has 0 unspecified atom stereocenters. The van der Waals surface area contributed by atoms with Gasteiger partial charge in [-0.3, -0.25) is 4.79 Å². The van der Waals surface area contributed by atoms with Crippen molar-refractivity contribution in [1.29, 1.82) is 0 Å². The minimum Gasteiger partial charge on any atom is -0.322 e. The molecule has 0 saturated heterocycles. The molecule has 136 valence electrons. The Morgan fingerprint density at radius 3 is 3.00 bits per heavy atom. The molecule has 0 aliphatic heterocycles. The normalized spacial score (nSPS) is 12.2. The maximum atomic E-state index is 12.6. The highest BCUT2D eigenvalue weighted by molar-refractivity contribution is 6.08. The van der Waals surface area contributed by atoms with Crippen LogP contribution in [0.1, 0.15) is 34.6 Å². The van der Waals surface area contributed by atoms with Crippen LogP contribution in [0.3, 0.4) is 0 Å². The first-order chi connectivity index (χ1) is 13.1. The van der Waals surface area contributed by atoms with Crippen LogP contribution in [0.4, 0.5) is 5.69 Å². The zero-order chi connectivity index (χ0) is 18.8. The van der Waals surface area contributed by atoms with Crippen molar-refractivity contribution in [2.45, 2.75) is 19.3 Å². The first-order valence-corrected chi connectivity index (χ1v) is 8.64. The van der Waals surface area contributed by atoms with E-state index in [9.17, 15) is 4.79 Å². The minimum absolute atomic E-state index is 0.234. The van der Waals surface area contributed by atoms with Crippen molar-refractivity contribution in [1.82, 2.24) is 29.4 Å². The van der Waals surface area contributed by atoms with Crippen molar-refractivity contribution in [2.75, 3.05) is 5.32 Å². The van der Waals surface area contributed by atoms with E-state index in [4.69, 9.17) is 0 Å². The van der Waals surface area contributed by atoms with Crippen LogP contribution in [-0.2, 0) is 13.5 Å². The van der Waals surface area contributed by atoms with Gasteiger partial charge in [-0.1, -0.05) is 19.1 Å². The smallest absolute Gasteiger partial charge is 0.261 e. The molecular weight excluding hydrogens is 342 g/mol. The third kappa shape index (κ3) is 3.41. The fourth-order valence-electron chi connectivity index (χ4n) is 2.99. The number of hydrogen-bond donors (Lipinski definition) is 1. The first-order valence-electron chi connectivity index (χ1n) is 8.64. The quantitative estimate of drug-likeness (QED) is 0.590. The summed E-state index contributed by atoms with van der Waals surface area (Å²) in [7, 11) is 1.93. The van der Waals surface area contributed by atoms with Crippen molar-refractivity contribution in [3.8, 4) is 0 Å². The Balaban J connectivity index is 1.52. The number of nitrogens with zero attached hydrogens (tertiary/aromatic N) is 6. The molecule has 0 radical (unpaired) electrons. The summed E-state index contributed by atoms with van der Waals surface area (Å²) >= 11 is 0. The van der Waals surface area contributed by atoms with Gasteiger partial charge in [0.05, 0.1) is 6.20 Å². The van der Waals surface area contributed by atoms with Gasteiger partial charge < -0.3 is 9.88 Å². The molecule has 1 aromatic carbocycles. The summed E-state index contributed by atoms with van der Waals surface area (Å²) in [6.07, 6.45) is 7.39. The Bertz CT molecular complexity index is 1100. The summed E-state index contributed by atoms with van der Waals surface area (Å²) in [4.78, 5) is 16.9. The number of hydrogen-bond acceptors (Lipinski definition) is 5. The maximum absolute atomic E-state index is 12.6. The second-order valence-electron chi connectivity index (χ2n) is 6.49. The number of carbonyl (C=O) groups excluding carboxylic acids is 1. The van der Waals surface area contributed by atoms with E-state index in [-0.39, 0.29) is 11.8 Å². The van der Waals surface area contributed by atoms with Crippen LogP contribution in [-0.4, -0.2) is 35.3 Å². The largest absolute Gasteiger partial charge is 0.322 e. The van der Waals surface area contributed by atoms with Crippen molar-refractivity contribution < 1.29 is 4.79 Å². The van der Waals surface area contributed by atoms with Gasteiger partial charge in [0.15, 0.2) is 5.65 Å². The minimum atomic E-state index is -0.234. The summed E-state index contributed by atoms with van der Waals surface area (Å²) in [6, 6.07) is 9.61. The number of nitrogens with one attached hydrogen (secondary N) is 1. The van der Waals surface area contributed by atoms with E-state index in [0.29, 0.717) is 11.2 Å². The standard InChI is InChI=1S/C19H19N7O/c1-13(9-17-24-21-12-25(17)2)14-5-3-6-15(10-14)23-19(27)16-11-22-26-8-4-7-20-18(16)26/h3-8,10-13H,9H2,1-2H3,(H,23,27)/t13-/m1/s1. The SMILES string of the molecule is C[C@H](Cc1nncn1C)c1cccc(NC(=O)c2cnn3cccnc23)c1. The summed E-state index contributed by atoms with van der Waals surface area (Å²) in [5, 5.41) is 15.2. The van der Waals surface area contributed by atoms with E-state index in [1.807, 2.05) is 35.9 Å². The Labute approximate surface area is 155 Å². The zero-order valence-corrected chi connectivity index (χ0v) is 15.1. The fourth-order valence-corrected chi connectivity index (χ4v) is 2.99. The Kier molecular flexibility index (Phi) is 4.37. The first kappa shape index (κ1) is 16.9. The van der Waals surface area contributed by atoms with E-state index >= 15 is 0 Å². The second-order valence-corrected chi connectivity index (χ2v) is 6.49. The van der Waals surface area contributed by atoms with Crippen molar-refractivity contribution in [3.63, 3.8) is 0 Å². The lowest BCUT2D eigenvalue weighted by Gasteiger charge is -2.13. The molecule has 1 atom stereocenters. The number of rotatable bonds is 5. The van der Waals surface area contributed by atoms with E-state index in [1.165, 1.54) is 6.20 Å². The van der Waals surface area contributed by atoms with Gasteiger partial charge in [0.1, 0.15) is 17.7 Å². The van der Waals surface area contributed by atoms with Crippen LogP contribution in [0.2, 0.25) is 0 Å².